The molecule has 0 saturated carbocycles. The molecule has 1 heterocycles. The van der Waals surface area contributed by atoms with Crippen LogP contribution in [0.5, 0.6) is 5.75 Å². The SMILES string of the molecule is C[C@@H]1[C@@H](Oc2cc(C(F)(F)F)ccc2Br)CCN1C(=O)O. The van der Waals surface area contributed by atoms with Crippen LogP contribution < -0.4 is 4.74 Å². The number of benzene rings is 1. The van der Waals surface area contributed by atoms with Crippen molar-refractivity contribution in [2.75, 3.05) is 6.54 Å². The second-order valence-corrected chi connectivity index (χ2v) is 5.66. The van der Waals surface area contributed by atoms with E-state index in [2.05, 4.69) is 15.9 Å². The standard InChI is InChI=1S/C13H13BrF3NO3/c1-7-10(4-5-18(7)12(19)20)21-11-6-8(13(15,16)17)2-3-9(11)14/h2-3,6-7,10H,4-5H2,1H3,(H,19,20)/t7-,10+/m1/s1. The molecule has 0 bridgehead atoms. The molecule has 8 heteroatoms. The zero-order valence-electron chi connectivity index (χ0n) is 11.0. The molecule has 0 spiro atoms. The second kappa shape index (κ2) is 5.75. The minimum absolute atomic E-state index is 0.0638. The highest BCUT2D eigenvalue weighted by molar-refractivity contribution is 9.10. The Morgan fingerprint density at radius 3 is 2.67 bits per heavy atom. The largest absolute Gasteiger partial charge is 0.487 e. The molecule has 0 aromatic heterocycles. The summed E-state index contributed by atoms with van der Waals surface area (Å²) in [5.41, 5.74) is -0.804. The monoisotopic (exact) mass is 367 g/mol. The minimum atomic E-state index is -4.45. The molecular formula is C13H13BrF3NO3. The first-order chi connectivity index (χ1) is 9.70. The van der Waals surface area contributed by atoms with Gasteiger partial charge >= 0.3 is 12.3 Å². The van der Waals surface area contributed by atoms with Crippen molar-refractivity contribution in [3.63, 3.8) is 0 Å². The molecule has 1 N–H and O–H groups in total. The van der Waals surface area contributed by atoms with Crippen LogP contribution in [-0.4, -0.2) is 34.8 Å². The summed E-state index contributed by atoms with van der Waals surface area (Å²) in [5, 5.41) is 8.99. The lowest BCUT2D eigenvalue weighted by molar-refractivity contribution is -0.137. The molecule has 1 aliphatic rings. The summed E-state index contributed by atoms with van der Waals surface area (Å²) >= 11 is 3.15. The lowest BCUT2D eigenvalue weighted by Gasteiger charge is -2.23. The predicted octanol–water partition coefficient (Wildman–Crippen LogP) is 3.99. The Hall–Kier alpha value is -1.44. The predicted molar refractivity (Wildman–Crippen MR) is 72.4 cm³/mol. The van der Waals surface area contributed by atoms with Crippen LogP contribution in [0.25, 0.3) is 0 Å². The van der Waals surface area contributed by atoms with Crippen molar-refractivity contribution in [2.45, 2.75) is 31.7 Å². The summed E-state index contributed by atoms with van der Waals surface area (Å²) < 4.78 is 44.1. The van der Waals surface area contributed by atoms with Crippen molar-refractivity contribution in [1.29, 1.82) is 0 Å². The molecule has 1 aromatic carbocycles. The number of rotatable bonds is 2. The van der Waals surface area contributed by atoms with Gasteiger partial charge in [0.1, 0.15) is 11.9 Å². The third-order valence-corrected chi connectivity index (χ3v) is 4.12. The Bertz CT molecular complexity index is 550. The first kappa shape index (κ1) is 15.9. The normalized spacial score (nSPS) is 22.4. The number of likely N-dealkylation sites (tertiary alicyclic amines) is 1. The zero-order valence-corrected chi connectivity index (χ0v) is 12.6. The van der Waals surface area contributed by atoms with E-state index < -0.39 is 30.0 Å². The average Bonchev–Trinajstić information content (AvgIpc) is 2.72. The highest BCUT2D eigenvalue weighted by Gasteiger charge is 2.36. The van der Waals surface area contributed by atoms with Crippen molar-refractivity contribution in [3.05, 3.63) is 28.2 Å². The topological polar surface area (TPSA) is 49.8 Å². The van der Waals surface area contributed by atoms with Crippen LogP contribution in [-0.2, 0) is 6.18 Å². The zero-order chi connectivity index (χ0) is 15.8. The number of halogens is 4. The Morgan fingerprint density at radius 2 is 2.14 bits per heavy atom. The maximum Gasteiger partial charge on any atom is 0.416 e. The molecule has 4 nitrogen and oxygen atoms in total. The van der Waals surface area contributed by atoms with E-state index in [1.54, 1.807) is 6.92 Å². The Kier molecular flexibility index (Phi) is 4.36. The van der Waals surface area contributed by atoms with Gasteiger partial charge in [-0.15, -0.1) is 0 Å². The third kappa shape index (κ3) is 3.42. The van der Waals surface area contributed by atoms with Gasteiger partial charge in [-0.3, -0.25) is 0 Å². The first-order valence-electron chi connectivity index (χ1n) is 6.23. The molecule has 1 aromatic rings. The lowest BCUT2D eigenvalue weighted by atomic mass is 10.2. The van der Waals surface area contributed by atoms with Gasteiger partial charge in [-0.1, -0.05) is 0 Å². The van der Waals surface area contributed by atoms with E-state index in [-0.39, 0.29) is 5.75 Å². The second-order valence-electron chi connectivity index (χ2n) is 4.80. The Morgan fingerprint density at radius 1 is 1.48 bits per heavy atom. The molecule has 21 heavy (non-hydrogen) atoms. The van der Waals surface area contributed by atoms with Crippen LogP contribution in [0.2, 0.25) is 0 Å². The fourth-order valence-electron chi connectivity index (χ4n) is 2.27. The first-order valence-corrected chi connectivity index (χ1v) is 7.02. The minimum Gasteiger partial charge on any atom is -0.487 e. The van der Waals surface area contributed by atoms with Crippen LogP contribution in [0.1, 0.15) is 18.9 Å². The van der Waals surface area contributed by atoms with Gasteiger partial charge in [0.05, 0.1) is 16.1 Å². The van der Waals surface area contributed by atoms with Crippen LogP contribution in [0.3, 0.4) is 0 Å². The maximum atomic E-state index is 12.7. The highest BCUT2D eigenvalue weighted by Crippen LogP contribution is 2.36. The van der Waals surface area contributed by atoms with Gasteiger partial charge < -0.3 is 14.7 Å². The summed E-state index contributed by atoms with van der Waals surface area (Å²) in [4.78, 5) is 12.2. The summed E-state index contributed by atoms with van der Waals surface area (Å²) in [6.45, 7) is 1.98. The van der Waals surface area contributed by atoms with Crippen LogP contribution in [0, 0.1) is 0 Å². The van der Waals surface area contributed by atoms with Gasteiger partial charge in [0.2, 0.25) is 0 Å². The summed E-state index contributed by atoms with van der Waals surface area (Å²) in [6, 6.07) is 2.73. The van der Waals surface area contributed by atoms with Gasteiger partial charge in [-0.25, -0.2) is 4.79 Å². The quantitative estimate of drug-likeness (QED) is 0.859. The fraction of sp³-hybridized carbons (Fsp3) is 0.462. The van der Waals surface area contributed by atoms with E-state index in [9.17, 15) is 18.0 Å². The van der Waals surface area contributed by atoms with Crippen molar-refractivity contribution >= 4 is 22.0 Å². The number of carboxylic acid groups (broad SMARTS) is 1. The molecule has 0 aliphatic carbocycles. The van der Waals surface area contributed by atoms with Gasteiger partial charge in [0.15, 0.2) is 0 Å². The van der Waals surface area contributed by atoms with E-state index in [1.807, 2.05) is 0 Å². The van der Waals surface area contributed by atoms with Crippen molar-refractivity contribution < 1.29 is 27.8 Å². The van der Waals surface area contributed by atoms with Crippen molar-refractivity contribution in [1.82, 2.24) is 4.90 Å². The van der Waals surface area contributed by atoms with E-state index in [0.29, 0.717) is 17.4 Å². The molecule has 1 aliphatic heterocycles. The molecule has 0 radical (unpaired) electrons. The molecule has 1 fully saturated rings. The number of amides is 1. The molecule has 1 amide bonds. The maximum absolute atomic E-state index is 12.7. The summed E-state index contributed by atoms with van der Waals surface area (Å²) in [5.74, 6) is 0.0638. The number of nitrogens with zero attached hydrogens (tertiary/aromatic N) is 1. The highest BCUT2D eigenvalue weighted by atomic mass is 79.9. The lowest BCUT2D eigenvalue weighted by Crippen LogP contribution is -2.38. The number of alkyl halides is 3. The molecule has 0 unspecified atom stereocenters. The van der Waals surface area contributed by atoms with Crippen LogP contribution in [0.15, 0.2) is 22.7 Å². The van der Waals surface area contributed by atoms with Crippen LogP contribution >= 0.6 is 15.9 Å². The Balaban J connectivity index is 2.19. The molecule has 1 saturated heterocycles. The van der Waals surface area contributed by atoms with Gasteiger partial charge in [0.25, 0.3) is 0 Å². The van der Waals surface area contributed by atoms with Gasteiger partial charge in [-0.05, 0) is 41.1 Å². The molecule has 2 atom stereocenters. The smallest absolute Gasteiger partial charge is 0.416 e. The molecule has 116 valence electrons. The summed E-state index contributed by atoms with van der Waals surface area (Å²) in [6.07, 6.45) is -5.54. The average molecular weight is 368 g/mol. The molecular weight excluding hydrogens is 355 g/mol. The molecule has 2 rings (SSSR count). The Labute approximate surface area is 127 Å². The van der Waals surface area contributed by atoms with Gasteiger partial charge in [0, 0.05) is 13.0 Å². The third-order valence-electron chi connectivity index (χ3n) is 3.47. The number of hydrogen-bond donors (Lipinski definition) is 1. The van der Waals surface area contributed by atoms with Crippen molar-refractivity contribution in [2.24, 2.45) is 0 Å². The van der Waals surface area contributed by atoms with E-state index in [0.717, 1.165) is 12.1 Å². The number of hydrogen-bond acceptors (Lipinski definition) is 2. The van der Waals surface area contributed by atoms with E-state index in [1.165, 1.54) is 11.0 Å². The number of ether oxygens (including phenoxy) is 1. The van der Waals surface area contributed by atoms with Gasteiger partial charge in [-0.2, -0.15) is 13.2 Å². The summed E-state index contributed by atoms with van der Waals surface area (Å²) in [7, 11) is 0. The van der Waals surface area contributed by atoms with E-state index >= 15 is 0 Å². The number of carbonyl (C=O) groups is 1. The fourth-order valence-corrected chi connectivity index (χ4v) is 2.61. The van der Waals surface area contributed by atoms with Crippen molar-refractivity contribution in [3.8, 4) is 5.75 Å². The van der Waals surface area contributed by atoms with E-state index in [4.69, 9.17) is 9.84 Å². The van der Waals surface area contributed by atoms with Crippen LogP contribution in [0.4, 0.5) is 18.0 Å².